The zero-order valence-electron chi connectivity index (χ0n) is 8.72. The van der Waals surface area contributed by atoms with Gasteiger partial charge < -0.3 is 14.8 Å². The quantitative estimate of drug-likeness (QED) is 0.742. The van der Waals surface area contributed by atoms with Crippen LogP contribution in [0.5, 0.6) is 0 Å². The van der Waals surface area contributed by atoms with Crippen LogP contribution in [-0.4, -0.2) is 46.5 Å². The molecule has 82 valence electrons. The Morgan fingerprint density at radius 2 is 2.20 bits per heavy atom. The summed E-state index contributed by atoms with van der Waals surface area (Å²) in [7, 11) is 0. The van der Waals surface area contributed by atoms with Crippen molar-refractivity contribution in [3.8, 4) is 0 Å². The van der Waals surface area contributed by atoms with Gasteiger partial charge in [-0.2, -0.15) is 0 Å². The molecular formula is C10H16N4O. The van der Waals surface area contributed by atoms with Gasteiger partial charge in [0.2, 0.25) is 5.91 Å². The van der Waals surface area contributed by atoms with Crippen LogP contribution >= 0.6 is 0 Å². The number of piperazine rings is 1. The first kappa shape index (κ1) is 10.2. The summed E-state index contributed by atoms with van der Waals surface area (Å²) in [5.41, 5.74) is 0. The van der Waals surface area contributed by atoms with E-state index in [4.69, 9.17) is 0 Å². The number of aromatic nitrogens is 2. The van der Waals surface area contributed by atoms with Crippen molar-refractivity contribution < 1.29 is 4.79 Å². The molecule has 0 spiro atoms. The van der Waals surface area contributed by atoms with E-state index in [2.05, 4.69) is 10.3 Å². The van der Waals surface area contributed by atoms with Gasteiger partial charge in [0.25, 0.3) is 0 Å². The van der Waals surface area contributed by atoms with Gasteiger partial charge >= 0.3 is 0 Å². The van der Waals surface area contributed by atoms with E-state index in [1.807, 2.05) is 15.7 Å². The molecule has 1 N–H and O–H groups in total. The molecule has 2 rings (SSSR count). The molecule has 2 heterocycles. The van der Waals surface area contributed by atoms with Gasteiger partial charge in [-0.05, 0) is 0 Å². The summed E-state index contributed by atoms with van der Waals surface area (Å²) in [6.45, 7) is 4.22. The first-order valence-corrected chi connectivity index (χ1v) is 5.30. The molecule has 0 saturated carbocycles. The topological polar surface area (TPSA) is 50.2 Å². The molecule has 0 atom stereocenters. The number of hydrogen-bond donors (Lipinski definition) is 1. The number of aryl methyl sites for hydroxylation is 1. The maximum absolute atomic E-state index is 11.8. The third kappa shape index (κ3) is 2.79. The highest BCUT2D eigenvalue weighted by Gasteiger charge is 2.15. The number of nitrogens with zero attached hydrogens (tertiary/aromatic N) is 3. The molecule has 1 fully saturated rings. The normalized spacial score (nSPS) is 16.7. The molecule has 1 aliphatic heterocycles. The Bertz CT molecular complexity index is 303. The summed E-state index contributed by atoms with van der Waals surface area (Å²) in [6.07, 6.45) is 5.92. The van der Waals surface area contributed by atoms with Crippen molar-refractivity contribution in [2.45, 2.75) is 13.0 Å². The molecule has 15 heavy (non-hydrogen) atoms. The van der Waals surface area contributed by atoms with Gasteiger partial charge in [0.05, 0.1) is 6.33 Å². The first-order chi connectivity index (χ1) is 7.36. The fourth-order valence-corrected chi connectivity index (χ4v) is 1.72. The summed E-state index contributed by atoms with van der Waals surface area (Å²) >= 11 is 0. The summed E-state index contributed by atoms with van der Waals surface area (Å²) in [6, 6.07) is 0. The fraction of sp³-hybridized carbons (Fsp3) is 0.600. The van der Waals surface area contributed by atoms with Crippen LogP contribution in [0.15, 0.2) is 18.7 Å². The van der Waals surface area contributed by atoms with Gasteiger partial charge in [-0.15, -0.1) is 0 Å². The molecular weight excluding hydrogens is 192 g/mol. The number of imidazole rings is 1. The number of hydrogen-bond acceptors (Lipinski definition) is 3. The van der Waals surface area contributed by atoms with Gasteiger partial charge in [-0.1, -0.05) is 0 Å². The van der Waals surface area contributed by atoms with E-state index in [1.165, 1.54) is 0 Å². The van der Waals surface area contributed by atoms with E-state index in [0.29, 0.717) is 6.42 Å². The SMILES string of the molecule is O=C(CCn1ccnc1)N1CCNCC1. The van der Waals surface area contributed by atoms with Crippen molar-refractivity contribution >= 4 is 5.91 Å². The van der Waals surface area contributed by atoms with Gasteiger partial charge in [0.1, 0.15) is 0 Å². The lowest BCUT2D eigenvalue weighted by atomic mass is 10.3. The summed E-state index contributed by atoms with van der Waals surface area (Å²) in [5.74, 6) is 0.241. The van der Waals surface area contributed by atoms with Crippen LogP contribution in [0.3, 0.4) is 0 Å². The second kappa shape index (κ2) is 4.93. The van der Waals surface area contributed by atoms with Crippen LogP contribution in [0.1, 0.15) is 6.42 Å². The zero-order valence-corrected chi connectivity index (χ0v) is 8.72. The molecule has 1 amide bonds. The number of carbonyl (C=O) groups is 1. The summed E-state index contributed by atoms with van der Waals surface area (Å²) < 4.78 is 1.93. The van der Waals surface area contributed by atoms with Gasteiger partial charge in [-0.3, -0.25) is 4.79 Å². The predicted octanol–water partition coefficient (Wildman–Crippen LogP) is -0.295. The molecule has 0 bridgehead atoms. The molecule has 5 heteroatoms. The summed E-state index contributed by atoms with van der Waals surface area (Å²) in [5, 5.41) is 3.23. The van der Waals surface area contributed by atoms with E-state index < -0.39 is 0 Å². The smallest absolute Gasteiger partial charge is 0.224 e. The lowest BCUT2D eigenvalue weighted by Gasteiger charge is -2.27. The Kier molecular flexibility index (Phi) is 3.34. The van der Waals surface area contributed by atoms with Crippen molar-refractivity contribution in [3.05, 3.63) is 18.7 Å². The maximum atomic E-state index is 11.8. The van der Waals surface area contributed by atoms with Crippen LogP contribution in [0.25, 0.3) is 0 Å². The minimum absolute atomic E-state index is 0.241. The number of rotatable bonds is 3. The van der Waals surface area contributed by atoms with E-state index in [1.54, 1.807) is 12.5 Å². The monoisotopic (exact) mass is 208 g/mol. The minimum Gasteiger partial charge on any atom is -0.340 e. The molecule has 1 aromatic rings. The Balaban J connectivity index is 1.76. The van der Waals surface area contributed by atoms with Gasteiger partial charge in [0.15, 0.2) is 0 Å². The Hall–Kier alpha value is -1.36. The Labute approximate surface area is 89.1 Å². The molecule has 0 unspecified atom stereocenters. The van der Waals surface area contributed by atoms with Crippen LogP contribution < -0.4 is 5.32 Å². The van der Waals surface area contributed by atoms with Gasteiger partial charge in [-0.25, -0.2) is 4.98 Å². The standard InChI is InChI=1S/C10H16N4O/c15-10(14-7-3-11-4-8-14)1-5-13-6-2-12-9-13/h2,6,9,11H,1,3-5,7-8H2. The number of nitrogens with one attached hydrogen (secondary N) is 1. The zero-order chi connectivity index (χ0) is 10.5. The van der Waals surface area contributed by atoms with E-state index in [0.717, 1.165) is 32.7 Å². The highest BCUT2D eigenvalue weighted by Crippen LogP contribution is 1.99. The lowest BCUT2D eigenvalue weighted by Crippen LogP contribution is -2.46. The third-order valence-corrected chi connectivity index (χ3v) is 2.61. The maximum Gasteiger partial charge on any atom is 0.224 e. The highest BCUT2D eigenvalue weighted by molar-refractivity contribution is 5.76. The van der Waals surface area contributed by atoms with Crippen molar-refractivity contribution in [1.82, 2.24) is 19.8 Å². The third-order valence-electron chi connectivity index (χ3n) is 2.61. The lowest BCUT2D eigenvalue weighted by molar-refractivity contribution is -0.132. The molecule has 0 aliphatic carbocycles. The summed E-state index contributed by atoms with van der Waals surface area (Å²) in [4.78, 5) is 17.6. The van der Waals surface area contributed by atoms with Crippen LogP contribution in [0, 0.1) is 0 Å². The van der Waals surface area contributed by atoms with E-state index in [-0.39, 0.29) is 5.91 Å². The predicted molar refractivity (Wildman–Crippen MR) is 56.3 cm³/mol. The van der Waals surface area contributed by atoms with Crippen molar-refractivity contribution in [2.75, 3.05) is 26.2 Å². The largest absolute Gasteiger partial charge is 0.340 e. The first-order valence-electron chi connectivity index (χ1n) is 5.30. The fourth-order valence-electron chi connectivity index (χ4n) is 1.72. The van der Waals surface area contributed by atoms with Crippen molar-refractivity contribution in [1.29, 1.82) is 0 Å². The van der Waals surface area contributed by atoms with E-state index in [9.17, 15) is 4.79 Å². The number of carbonyl (C=O) groups excluding carboxylic acids is 1. The van der Waals surface area contributed by atoms with Crippen molar-refractivity contribution in [2.24, 2.45) is 0 Å². The molecule has 0 aromatic carbocycles. The van der Waals surface area contributed by atoms with Crippen LogP contribution in [0.4, 0.5) is 0 Å². The second-order valence-corrected chi connectivity index (χ2v) is 3.68. The van der Waals surface area contributed by atoms with Crippen molar-refractivity contribution in [3.63, 3.8) is 0 Å². The minimum atomic E-state index is 0.241. The van der Waals surface area contributed by atoms with Crippen LogP contribution in [0.2, 0.25) is 0 Å². The molecule has 0 radical (unpaired) electrons. The van der Waals surface area contributed by atoms with Crippen LogP contribution in [-0.2, 0) is 11.3 Å². The Morgan fingerprint density at radius 3 is 2.87 bits per heavy atom. The Morgan fingerprint density at radius 1 is 1.40 bits per heavy atom. The molecule has 1 aromatic heterocycles. The average molecular weight is 208 g/mol. The highest BCUT2D eigenvalue weighted by atomic mass is 16.2. The van der Waals surface area contributed by atoms with Gasteiger partial charge in [0, 0.05) is 51.5 Å². The van der Waals surface area contributed by atoms with E-state index >= 15 is 0 Å². The average Bonchev–Trinajstić information content (AvgIpc) is 2.80. The molecule has 1 aliphatic rings. The molecule has 1 saturated heterocycles. The second-order valence-electron chi connectivity index (χ2n) is 3.68. The molecule has 5 nitrogen and oxygen atoms in total. The number of amides is 1.